The molecule has 0 unspecified atom stereocenters. The van der Waals surface area contributed by atoms with Crippen molar-refractivity contribution in [1.82, 2.24) is 25.4 Å². The van der Waals surface area contributed by atoms with Gasteiger partial charge in [0.1, 0.15) is 0 Å². The maximum Gasteiger partial charge on any atom is 0.284 e. The van der Waals surface area contributed by atoms with Gasteiger partial charge < -0.3 is 4.42 Å². The van der Waals surface area contributed by atoms with Crippen LogP contribution in [0.2, 0.25) is 4.34 Å². The molecule has 0 saturated heterocycles. The number of rotatable bonds is 5. The van der Waals surface area contributed by atoms with Crippen molar-refractivity contribution in [1.29, 1.82) is 0 Å². The molecule has 0 aliphatic carbocycles. The average Bonchev–Trinajstić information content (AvgIpc) is 3.16. The lowest BCUT2D eigenvalue weighted by molar-refractivity contribution is 0.465. The summed E-state index contributed by atoms with van der Waals surface area (Å²) in [5.41, 5.74) is 1.87. The van der Waals surface area contributed by atoms with Gasteiger partial charge in [-0.3, -0.25) is 0 Å². The zero-order chi connectivity index (χ0) is 15.5. The van der Waals surface area contributed by atoms with E-state index in [1.54, 1.807) is 6.07 Å². The molecule has 9 heteroatoms. The number of hydrogen-bond donors (Lipinski definition) is 0. The van der Waals surface area contributed by atoms with E-state index >= 15 is 0 Å². The molecule has 0 atom stereocenters. The van der Waals surface area contributed by atoms with Crippen LogP contribution in [0, 0.1) is 0 Å². The highest BCUT2D eigenvalue weighted by molar-refractivity contribution is 7.98. The molecule has 0 aliphatic heterocycles. The van der Waals surface area contributed by atoms with Gasteiger partial charge in [0, 0.05) is 11.8 Å². The van der Waals surface area contributed by atoms with E-state index in [1.807, 2.05) is 19.9 Å². The summed E-state index contributed by atoms with van der Waals surface area (Å²) in [6.45, 7) is 4.08. The summed E-state index contributed by atoms with van der Waals surface area (Å²) in [6.07, 6.45) is 1.63. The van der Waals surface area contributed by atoms with Crippen LogP contribution in [0.3, 0.4) is 0 Å². The number of halogens is 1. The maximum atomic E-state index is 5.90. The van der Waals surface area contributed by atoms with Gasteiger partial charge in [0.05, 0.1) is 20.6 Å². The summed E-state index contributed by atoms with van der Waals surface area (Å²) in [6, 6.07) is 3.64. The predicted octanol–water partition coefficient (Wildman–Crippen LogP) is 3.91. The van der Waals surface area contributed by atoms with Crippen molar-refractivity contribution in [2.24, 2.45) is 0 Å². The Labute approximate surface area is 140 Å². The van der Waals surface area contributed by atoms with E-state index < -0.39 is 0 Å². The van der Waals surface area contributed by atoms with Gasteiger partial charge in [-0.2, -0.15) is 5.10 Å². The molecule has 22 heavy (non-hydrogen) atoms. The van der Waals surface area contributed by atoms with Crippen molar-refractivity contribution >= 4 is 34.7 Å². The van der Waals surface area contributed by atoms with Crippen LogP contribution in [0.1, 0.15) is 25.2 Å². The molecule has 0 aliphatic rings. The Hall–Kier alpha value is -1.51. The highest BCUT2D eigenvalue weighted by atomic mass is 35.5. The van der Waals surface area contributed by atoms with Crippen molar-refractivity contribution in [2.75, 3.05) is 0 Å². The Morgan fingerprint density at radius 2 is 1.91 bits per heavy atom. The second-order valence-electron chi connectivity index (χ2n) is 4.27. The van der Waals surface area contributed by atoms with Crippen LogP contribution in [0.25, 0.3) is 10.8 Å². The lowest BCUT2D eigenvalue weighted by Crippen LogP contribution is -2.03. The molecule has 0 spiro atoms. The first-order valence-electron chi connectivity index (χ1n) is 6.69. The first kappa shape index (κ1) is 15.4. The van der Waals surface area contributed by atoms with Gasteiger partial charge in [-0.25, -0.2) is 4.98 Å². The third kappa shape index (κ3) is 3.29. The van der Waals surface area contributed by atoms with Crippen molar-refractivity contribution in [3.8, 4) is 10.8 Å². The Bertz CT molecular complexity index is 788. The van der Waals surface area contributed by atoms with Gasteiger partial charge in [0.25, 0.3) is 11.1 Å². The molecule has 0 fully saturated rings. The topological polar surface area (TPSA) is 77.6 Å². The molecule has 0 bridgehead atoms. The first-order valence-corrected chi connectivity index (χ1v) is 8.70. The second-order valence-corrected chi connectivity index (χ2v) is 6.91. The van der Waals surface area contributed by atoms with Gasteiger partial charge in [-0.05, 0) is 25.0 Å². The summed E-state index contributed by atoms with van der Waals surface area (Å²) in [7, 11) is 0. The Balaban J connectivity index is 1.80. The largest absolute Gasteiger partial charge is 0.410 e. The number of thiophene rings is 1. The van der Waals surface area contributed by atoms with Gasteiger partial charge in [0.15, 0.2) is 0 Å². The van der Waals surface area contributed by atoms with Crippen LogP contribution in [0.15, 0.2) is 26.9 Å². The monoisotopic (exact) mass is 353 g/mol. The van der Waals surface area contributed by atoms with Gasteiger partial charge >= 0.3 is 0 Å². The molecule has 0 radical (unpaired) electrons. The van der Waals surface area contributed by atoms with Crippen molar-refractivity contribution in [3.05, 3.63) is 27.9 Å². The van der Waals surface area contributed by atoms with E-state index in [9.17, 15) is 0 Å². The Morgan fingerprint density at radius 1 is 1.09 bits per heavy atom. The molecular weight excluding hydrogens is 342 g/mol. The standard InChI is InChI=1S/C13H12ClN5OS2/c1-3-7-8(4-2)16-18-12(15-7)22-13-19-17-11(20-13)9-5-6-10(14)21-9/h5-6H,3-4H2,1-2H3. The van der Waals surface area contributed by atoms with Crippen molar-refractivity contribution in [3.63, 3.8) is 0 Å². The van der Waals surface area contributed by atoms with Crippen molar-refractivity contribution in [2.45, 2.75) is 37.1 Å². The fourth-order valence-corrected chi connectivity index (χ4v) is 3.38. The maximum absolute atomic E-state index is 5.90. The minimum absolute atomic E-state index is 0.382. The van der Waals surface area contributed by atoms with Crippen LogP contribution < -0.4 is 0 Å². The van der Waals surface area contributed by atoms with Gasteiger partial charge in [-0.1, -0.05) is 25.4 Å². The third-order valence-corrected chi connectivity index (χ3v) is 4.77. The zero-order valence-corrected chi connectivity index (χ0v) is 14.3. The molecule has 0 N–H and O–H groups in total. The summed E-state index contributed by atoms with van der Waals surface area (Å²) in [5.74, 6) is 0.438. The van der Waals surface area contributed by atoms with E-state index in [1.165, 1.54) is 23.1 Å². The van der Waals surface area contributed by atoms with Crippen molar-refractivity contribution < 1.29 is 4.42 Å². The molecule has 3 aromatic rings. The molecule has 0 aromatic carbocycles. The highest BCUT2D eigenvalue weighted by Crippen LogP contribution is 2.32. The molecule has 3 heterocycles. The van der Waals surface area contributed by atoms with E-state index in [0.29, 0.717) is 20.6 Å². The zero-order valence-electron chi connectivity index (χ0n) is 11.9. The van der Waals surface area contributed by atoms with E-state index in [2.05, 4.69) is 25.4 Å². The second kappa shape index (κ2) is 6.72. The van der Waals surface area contributed by atoms with Gasteiger partial charge in [-0.15, -0.1) is 26.6 Å². The smallest absolute Gasteiger partial charge is 0.284 e. The number of aryl methyl sites for hydroxylation is 2. The van der Waals surface area contributed by atoms with Crippen LogP contribution in [-0.4, -0.2) is 25.4 Å². The van der Waals surface area contributed by atoms with Crippen LogP contribution in [0.4, 0.5) is 0 Å². The quantitative estimate of drug-likeness (QED) is 0.688. The molecule has 6 nitrogen and oxygen atoms in total. The van der Waals surface area contributed by atoms with E-state index in [4.69, 9.17) is 16.0 Å². The summed E-state index contributed by atoms with van der Waals surface area (Å²) >= 11 is 8.50. The molecule has 0 saturated carbocycles. The van der Waals surface area contributed by atoms with E-state index in [-0.39, 0.29) is 0 Å². The lowest BCUT2D eigenvalue weighted by Gasteiger charge is -2.03. The molecule has 3 rings (SSSR count). The number of aromatic nitrogens is 5. The minimum atomic E-state index is 0.382. The van der Waals surface area contributed by atoms with E-state index in [0.717, 1.165) is 29.1 Å². The average molecular weight is 354 g/mol. The number of nitrogens with zero attached hydrogens (tertiary/aromatic N) is 5. The van der Waals surface area contributed by atoms with Crippen LogP contribution in [0.5, 0.6) is 0 Å². The summed E-state index contributed by atoms with van der Waals surface area (Å²) in [4.78, 5) is 5.32. The fourth-order valence-electron chi connectivity index (χ4n) is 1.82. The summed E-state index contributed by atoms with van der Waals surface area (Å²) < 4.78 is 6.28. The third-order valence-electron chi connectivity index (χ3n) is 2.86. The normalized spacial score (nSPS) is 11.0. The fraction of sp³-hybridized carbons (Fsp3) is 0.308. The molecule has 3 aromatic heterocycles. The van der Waals surface area contributed by atoms with Crippen LogP contribution >= 0.6 is 34.7 Å². The summed E-state index contributed by atoms with van der Waals surface area (Å²) in [5, 5.41) is 17.2. The number of hydrogen-bond acceptors (Lipinski definition) is 8. The predicted molar refractivity (Wildman–Crippen MR) is 85.3 cm³/mol. The van der Waals surface area contributed by atoms with Gasteiger partial charge in [0.2, 0.25) is 5.16 Å². The minimum Gasteiger partial charge on any atom is -0.410 e. The Kier molecular flexibility index (Phi) is 4.70. The molecular formula is C13H12ClN5OS2. The highest BCUT2D eigenvalue weighted by Gasteiger charge is 2.14. The Morgan fingerprint density at radius 3 is 2.59 bits per heavy atom. The molecule has 0 amide bonds. The lowest BCUT2D eigenvalue weighted by atomic mass is 10.2. The SMILES string of the molecule is CCc1nnc(Sc2nnc(-c3ccc(Cl)s3)o2)nc1CC. The first-order chi connectivity index (χ1) is 10.7. The van der Waals surface area contributed by atoms with Crippen LogP contribution in [-0.2, 0) is 12.8 Å². The molecule has 114 valence electrons.